The maximum Gasteiger partial charge on any atom is 0.422 e. The molecule has 172 valence electrons. The molecule has 1 aliphatic carbocycles. The van der Waals surface area contributed by atoms with E-state index in [1.54, 1.807) is 6.07 Å². The molecule has 1 aromatic heterocycles. The number of guanidine groups is 1. The minimum absolute atomic E-state index is 0.0759. The first-order valence-electron chi connectivity index (χ1n) is 10.8. The van der Waals surface area contributed by atoms with E-state index >= 15 is 0 Å². The number of aromatic nitrogens is 1. The van der Waals surface area contributed by atoms with Crippen LogP contribution >= 0.6 is 0 Å². The molecular weight excluding hydrogens is 411 g/mol. The van der Waals surface area contributed by atoms with E-state index in [1.165, 1.54) is 12.3 Å². The van der Waals surface area contributed by atoms with Crippen LogP contribution in [-0.2, 0) is 11.3 Å². The first kappa shape index (κ1) is 23.1. The normalized spacial score (nSPS) is 20.2. The van der Waals surface area contributed by atoms with Gasteiger partial charge >= 0.3 is 6.18 Å². The Balaban J connectivity index is 1.50. The number of amides is 1. The number of rotatable bonds is 7. The Hall–Kier alpha value is -2.52. The van der Waals surface area contributed by atoms with Gasteiger partial charge in [-0.25, -0.2) is 9.98 Å². The average molecular weight is 441 g/mol. The maximum atomic E-state index is 12.6. The predicted molar refractivity (Wildman–Crippen MR) is 111 cm³/mol. The van der Waals surface area contributed by atoms with E-state index in [1.807, 2.05) is 11.8 Å². The van der Waals surface area contributed by atoms with E-state index in [9.17, 15) is 18.0 Å². The van der Waals surface area contributed by atoms with E-state index < -0.39 is 12.8 Å². The van der Waals surface area contributed by atoms with Crippen LogP contribution in [0.5, 0.6) is 5.88 Å². The summed E-state index contributed by atoms with van der Waals surface area (Å²) in [5.74, 6) is 1.03. The van der Waals surface area contributed by atoms with Gasteiger partial charge in [-0.2, -0.15) is 13.2 Å². The molecule has 1 amide bonds. The number of carbonyl (C=O) groups excluding carboxylic acids is 1. The molecule has 3 rings (SSSR count). The highest BCUT2D eigenvalue weighted by Crippen LogP contribution is 2.27. The zero-order chi connectivity index (χ0) is 22.3. The lowest BCUT2D eigenvalue weighted by Gasteiger charge is -2.21. The number of pyridine rings is 1. The Kier molecular flexibility index (Phi) is 7.97. The summed E-state index contributed by atoms with van der Waals surface area (Å²) in [6.45, 7) is 3.04. The first-order chi connectivity index (χ1) is 14.8. The zero-order valence-corrected chi connectivity index (χ0v) is 17.7. The average Bonchev–Trinajstić information content (AvgIpc) is 3.43. The molecule has 0 spiro atoms. The number of hydrogen-bond donors (Lipinski definition) is 2. The molecule has 10 heteroatoms. The third-order valence-corrected chi connectivity index (χ3v) is 5.49. The number of aliphatic imine (C=N–C) groups is 1. The van der Waals surface area contributed by atoms with Crippen LogP contribution in [0.3, 0.4) is 0 Å². The Morgan fingerprint density at radius 2 is 2.06 bits per heavy atom. The summed E-state index contributed by atoms with van der Waals surface area (Å²) < 4.78 is 41.2. The highest BCUT2D eigenvalue weighted by molar-refractivity contribution is 5.81. The van der Waals surface area contributed by atoms with Crippen molar-refractivity contribution in [2.45, 2.75) is 57.8 Å². The molecule has 1 aromatic rings. The summed E-state index contributed by atoms with van der Waals surface area (Å²) in [5, 5.41) is 6.58. The molecule has 0 bridgehead atoms. The van der Waals surface area contributed by atoms with Crippen LogP contribution in [0.4, 0.5) is 13.2 Å². The molecule has 2 fully saturated rings. The second-order valence-electron chi connectivity index (χ2n) is 8.00. The van der Waals surface area contributed by atoms with Gasteiger partial charge in [0.1, 0.15) is 0 Å². The number of nitrogens with one attached hydrogen (secondary N) is 2. The van der Waals surface area contributed by atoms with Crippen LogP contribution in [0, 0.1) is 5.92 Å². The zero-order valence-electron chi connectivity index (χ0n) is 17.7. The third-order valence-electron chi connectivity index (χ3n) is 5.49. The Labute approximate surface area is 180 Å². The van der Waals surface area contributed by atoms with Gasteiger partial charge in [-0.1, -0.05) is 18.9 Å². The first-order valence-corrected chi connectivity index (χ1v) is 10.8. The van der Waals surface area contributed by atoms with Crippen molar-refractivity contribution in [3.8, 4) is 5.88 Å². The molecule has 1 unspecified atom stereocenters. The van der Waals surface area contributed by atoms with Gasteiger partial charge in [-0.05, 0) is 31.7 Å². The Morgan fingerprint density at radius 1 is 1.29 bits per heavy atom. The second kappa shape index (κ2) is 10.7. The van der Waals surface area contributed by atoms with Crippen molar-refractivity contribution in [3.63, 3.8) is 0 Å². The van der Waals surface area contributed by atoms with Crippen LogP contribution in [0.1, 0.15) is 44.6 Å². The van der Waals surface area contributed by atoms with Crippen molar-refractivity contribution in [2.24, 2.45) is 10.9 Å². The number of nitrogens with zero attached hydrogens (tertiary/aromatic N) is 3. The Morgan fingerprint density at radius 3 is 2.71 bits per heavy atom. The molecule has 1 saturated heterocycles. The molecule has 31 heavy (non-hydrogen) atoms. The fourth-order valence-electron chi connectivity index (χ4n) is 3.94. The topological polar surface area (TPSA) is 78.9 Å². The summed E-state index contributed by atoms with van der Waals surface area (Å²) >= 11 is 0. The van der Waals surface area contributed by atoms with Gasteiger partial charge in [0, 0.05) is 43.9 Å². The van der Waals surface area contributed by atoms with Gasteiger partial charge in [-0.3, -0.25) is 4.79 Å². The predicted octanol–water partition coefficient (Wildman–Crippen LogP) is 2.87. The van der Waals surface area contributed by atoms with Gasteiger partial charge in [0.15, 0.2) is 12.6 Å². The van der Waals surface area contributed by atoms with Gasteiger partial charge in [-0.15, -0.1) is 0 Å². The number of hydrogen-bond acceptors (Lipinski definition) is 4. The van der Waals surface area contributed by atoms with Gasteiger partial charge in [0.2, 0.25) is 11.8 Å². The number of ether oxygens (including phenoxy) is 1. The molecule has 0 radical (unpaired) electrons. The quantitative estimate of drug-likeness (QED) is 0.503. The van der Waals surface area contributed by atoms with E-state index in [0.29, 0.717) is 25.6 Å². The summed E-state index contributed by atoms with van der Waals surface area (Å²) in [6, 6.07) is 3.18. The number of alkyl halides is 3. The number of carbonyl (C=O) groups is 1. The lowest BCUT2D eigenvalue weighted by atomic mass is 10.1. The Bertz CT molecular complexity index is 748. The monoisotopic (exact) mass is 441 g/mol. The molecular formula is C21H30F3N5O2. The highest BCUT2D eigenvalue weighted by atomic mass is 19.4. The summed E-state index contributed by atoms with van der Waals surface area (Å²) in [4.78, 5) is 23.0. The van der Waals surface area contributed by atoms with Crippen molar-refractivity contribution < 1.29 is 22.7 Å². The smallest absolute Gasteiger partial charge is 0.422 e. The standard InChI is InChI=1S/C21H30F3N5O2/c1-2-25-20(27-12-15-7-8-18(26-11-15)31-14-21(22,23)24)28-17-9-10-29(13-17)19(30)16-5-3-4-6-16/h7-8,11,16-17H,2-6,9-10,12-14H2,1H3,(H2,25,27,28). The van der Waals surface area contributed by atoms with Crippen LogP contribution < -0.4 is 15.4 Å². The van der Waals surface area contributed by atoms with E-state index in [-0.39, 0.29) is 23.7 Å². The van der Waals surface area contributed by atoms with Crippen molar-refractivity contribution in [2.75, 3.05) is 26.2 Å². The summed E-state index contributed by atoms with van der Waals surface area (Å²) in [5.41, 5.74) is 0.751. The van der Waals surface area contributed by atoms with E-state index in [0.717, 1.165) is 44.2 Å². The molecule has 2 N–H and O–H groups in total. The van der Waals surface area contributed by atoms with Crippen molar-refractivity contribution in [1.29, 1.82) is 0 Å². The highest BCUT2D eigenvalue weighted by Gasteiger charge is 2.32. The van der Waals surface area contributed by atoms with Gasteiger partial charge in [0.05, 0.1) is 6.54 Å². The molecule has 2 heterocycles. The lowest BCUT2D eigenvalue weighted by molar-refractivity contribution is -0.154. The largest absolute Gasteiger partial charge is 0.468 e. The maximum absolute atomic E-state index is 12.6. The molecule has 7 nitrogen and oxygen atoms in total. The number of likely N-dealkylation sites (tertiary alicyclic amines) is 1. The minimum Gasteiger partial charge on any atom is -0.468 e. The van der Waals surface area contributed by atoms with Crippen LogP contribution in [0.25, 0.3) is 0 Å². The lowest BCUT2D eigenvalue weighted by Crippen LogP contribution is -2.45. The minimum atomic E-state index is -4.39. The summed E-state index contributed by atoms with van der Waals surface area (Å²) in [7, 11) is 0. The van der Waals surface area contributed by atoms with Crippen LogP contribution in [-0.4, -0.2) is 60.2 Å². The molecule has 1 atom stereocenters. The number of halogens is 3. The third kappa shape index (κ3) is 7.29. The van der Waals surface area contributed by atoms with Gasteiger partial charge in [0.25, 0.3) is 0 Å². The van der Waals surface area contributed by atoms with Crippen LogP contribution in [0.15, 0.2) is 23.3 Å². The van der Waals surface area contributed by atoms with Crippen molar-refractivity contribution in [3.05, 3.63) is 23.9 Å². The van der Waals surface area contributed by atoms with Crippen molar-refractivity contribution >= 4 is 11.9 Å². The fourth-order valence-corrected chi connectivity index (χ4v) is 3.94. The SMILES string of the molecule is CCNC(=NCc1ccc(OCC(F)(F)F)nc1)NC1CCN(C(=O)C2CCCC2)C1. The fraction of sp³-hybridized carbons (Fsp3) is 0.667. The molecule has 2 aliphatic rings. The van der Waals surface area contributed by atoms with E-state index in [2.05, 4.69) is 25.3 Å². The van der Waals surface area contributed by atoms with E-state index in [4.69, 9.17) is 0 Å². The van der Waals surface area contributed by atoms with Crippen molar-refractivity contribution in [1.82, 2.24) is 20.5 Å². The van der Waals surface area contributed by atoms with Crippen LogP contribution in [0.2, 0.25) is 0 Å². The molecule has 0 aromatic carbocycles. The van der Waals surface area contributed by atoms with Gasteiger partial charge < -0.3 is 20.3 Å². The summed E-state index contributed by atoms with van der Waals surface area (Å²) in [6.07, 6.45) is 2.23. The molecule has 1 saturated carbocycles. The second-order valence-corrected chi connectivity index (χ2v) is 8.00. The molecule has 1 aliphatic heterocycles.